The molecule has 0 aliphatic carbocycles. The number of benzene rings is 1. The zero-order valence-electron chi connectivity index (χ0n) is 16.2. The predicted molar refractivity (Wildman–Crippen MR) is 104 cm³/mol. The first-order valence-electron chi connectivity index (χ1n) is 9.74. The number of hydrogen-bond donors (Lipinski definition) is 0. The fourth-order valence-corrected chi connectivity index (χ4v) is 5.10. The Kier molecular flexibility index (Phi) is 6.56. The predicted octanol–water partition coefficient (Wildman–Crippen LogP) is 1.78. The monoisotopic (exact) mass is 409 g/mol. The molecule has 8 nitrogen and oxygen atoms in total. The molecule has 1 aromatic carbocycles. The lowest BCUT2D eigenvalue weighted by Gasteiger charge is -2.34. The number of amides is 2. The van der Waals surface area contributed by atoms with Crippen LogP contribution < -0.4 is 0 Å². The molecule has 2 heterocycles. The summed E-state index contributed by atoms with van der Waals surface area (Å²) < 4.78 is 32.2. The van der Waals surface area contributed by atoms with Crippen LogP contribution >= 0.6 is 0 Å². The minimum Gasteiger partial charge on any atom is -0.450 e. The van der Waals surface area contributed by atoms with Gasteiger partial charge in [-0.05, 0) is 38.0 Å². The van der Waals surface area contributed by atoms with Crippen molar-refractivity contribution in [2.45, 2.75) is 31.1 Å². The van der Waals surface area contributed by atoms with E-state index in [0.29, 0.717) is 51.4 Å². The van der Waals surface area contributed by atoms with Gasteiger partial charge < -0.3 is 14.5 Å². The highest BCUT2D eigenvalue weighted by molar-refractivity contribution is 7.89. The molecule has 0 bridgehead atoms. The molecule has 3 rings (SSSR count). The van der Waals surface area contributed by atoms with Crippen molar-refractivity contribution >= 4 is 22.0 Å². The van der Waals surface area contributed by atoms with E-state index in [1.807, 2.05) is 0 Å². The van der Waals surface area contributed by atoms with Crippen molar-refractivity contribution in [2.24, 2.45) is 0 Å². The van der Waals surface area contributed by atoms with E-state index >= 15 is 0 Å². The first-order valence-corrected chi connectivity index (χ1v) is 11.2. The molecule has 0 N–H and O–H groups in total. The fourth-order valence-electron chi connectivity index (χ4n) is 3.53. The lowest BCUT2D eigenvalue weighted by molar-refractivity contribution is 0.0570. The molecule has 0 unspecified atom stereocenters. The number of carbonyl (C=O) groups is 2. The van der Waals surface area contributed by atoms with Crippen molar-refractivity contribution in [3.8, 4) is 0 Å². The zero-order valence-corrected chi connectivity index (χ0v) is 17.0. The molecule has 2 amide bonds. The summed E-state index contributed by atoms with van der Waals surface area (Å²) in [4.78, 5) is 28.0. The Morgan fingerprint density at radius 2 is 1.61 bits per heavy atom. The highest BCUT2D eigenvalue weighted by Gasteiger charge is 2.28. The quantitative estimate of drug-likeness (QED) is 0.756. The van der Waals surface area contributed by atoms with E-state index in [-0.39, 0.29) is 16.9 Å². The van der Waals surface area contributed by atoms with Gasteiger partial charge in [0.05, 0.1) is 11.5 Å². The minimum absolute atomic E-state index is 0.158. The first kappa shape index (κ1) is 20.6. The molecule has 0 radical (unpaired) electrons. The normalized spacial score (nSPS) is 18.8. The van der Waals surface area contributed by atoms with Crippen LogP contribution in [0, 0.1) is 0 Å². The van der Waals surface area contributed by atoms with Crippen molar-refractivity contribution in [2.75, 3.05) is 45.9 Å². The van der Waals surface area contributed by atoms with Crippen LogP contribution in [0.4, 0.5) is 4.79 Å². The lowest BCUT2D eigenvalue weighted by atomic mass is 10.2. The molecule has 154 valence electrons. The largest absolute Gasteiger partial charge is 0.450 e. The van der Waals surface area contributed by atoms with Crippen LogP contribution in [0.2, 0.25) is 0 Å². The number of sulfonamides is 1. The van der Waals surface area contributed by atoms with E-state index in [9.17, 15) is 18.0 Å². The van der Waals surface area contributed by atoms with Crippen LogP contribution in [0.1, 0.15) is 36.5 Å². The number of rotatable bonds is 4. The summed E-state index contributed by atoms with van der Waals surface area (Å²) in [5.74, 6) is -0.223. The van der Waals surface area contributed by atoms with E-state index in [1.165, 1.54) is 10.4 Å². The molecule has 2 aliphatic heterocycles. The highest BCUT2D eigenvalue weighted by atomic mass is 32.2. The summed E-state index contributed by atoms with van der Waals surface area (Å²) >= 11 is 0. The molecule has 2 aliphatic rings. The van der Waals surface area contributed by atoms with E-state index in [2.05, 4.69) is 0 Å². The summed E-state index contributed by atoms with van der Waals surface area (Å²) in [5, 5.41) is 0. The van der Waals surface area contributed by atoms with Gasteiger partial charge in [0.2, 0.25) is 10.0 Å². The molecule has 0 spiro atoms. The standard InChI is InChI=1S/C19H27N3O5S/c1-2-27-19(24)21-13-11-20(12-14-21)18(23)16-7-6-8-17(15-16)28(25,26)22-9-4-3-5-10-22/h6-8,15H,2-5,9-14H2,1H3. The Morgan fingerprint density at radius 1 is 0.964 bits per heavy atom. The van der Waals surface area contributed by atoms with Gasteiger partial charge in [-0.3, -0.25) is 4.79 Å². The van der Waals surface area contributed by atoms with Crippen molar-refractivity contribution in [1.29, 1.82) is 0 Å². The van der Waals surface area contributed by atoms with Gasteiger partial charge in [0, 0.05) is 44.8 Å². The minimum atomic E-state index is -3.58. The second kappa shape index (κ2) is 8.91. The second-order valence-corrected chi connectivity index (χ2v) is 8.91. The van der Waals surface area contributed by atoms with Crippen molar-refractivity contribution in [3.63, 3.8) is 0 Å². The van der Waals surface area contributed by atoms with Gasteiger partial charge in [-0.2, -0.15) is 4.31 Å². The van der Waals surface area contributed by atoms with Gasteiger partial charge in [-0.15, -0.1) is 0 Å². The number of piperazine rings is 1. The number of piperidine rings is 1. The van der Waals surface area contributed by atoms with Crippen molar-refractivity contribution in [3.05, 3.63) is 29.8 Å². The molecular weight excluding hydrogens is 382 g/mol. The van der Waals surface area contributed by atoms with Gasteiger partial charge in [0.1, 0.15) is 0 Å². The number of carbonyl (C=O) groups excluding carboxylic acids is 2. The Balaban J connectivity index is 1.68. The van der Waals surface area contributed by atoms with Gasteiger partial charge >= 0.3 is 6.09 Å². The van der Waals surface area contributed by atoms with Crippen LogP contribution in [0.15, 0.2) is 29.2 Å². The summed E-state index contributed by atoms with van der Waals surface area (Å²) in [6.07, 6.45) is 2.40. The molecule has 9 heteroatoms. The van der Waals surface area contributed by atoms with E-state index in [1.54, 1.807) is 34.9 Å². The number of nitrogens with zero attached hydrogens (tertiary/aromatic N) is 3. The van der Waals surface area contributed by atoms with E-state index < -0.39 is 10.0 Å². The molecule has 28 heavy (non-hydrogen) atoms. The van der Waals surface area contributed by atoms with E-state index in [0.717, 1.165) is 19.3 Å². The number of ether oxygens (including phenoxy) is 1. The topological polar surface area (TPSA) is 87.2 Å². The molecule has 0 atom stereocenters. The summed E-state index contributed by atoms with van der Waals surface area (Å²) in [6.45, 7) is 4.69. The third kappa shape index (κ3) is 4.47. The third-order valence-corrected chi connectivity index (χ3v) is 7.02. The summed E-state index contributed by atoms with van der Waals surface area (Å²) in [5.41, 5.74) is 0.350. The Hall–Kier alpha value is -2.13. The molecule has 1 aromatic rings. The van der Waals surface area contributed by atoms with Gasteiger partial charge in [-0.25, -0.2) is 13.2 Å². The molecule has 0 saturated carbocycles. The maximum absolute atomic E-state index is 12.9. The second-order valence-electron chi connectivity index (χ2n) is 6.97. The van der Waals surface area contributed by atoms with Gasteiger partial charge in [-0.1, -0.05) is 12.5 Å². The Bertz CT molecular complexity index is 813. The fraction of sp³-hybridized carbons (Fsp3) is 0.579. The lowest BCUT2D eigenvalue weighted by Crippen LogP contribution is -2.50. The highest BCUT2D eigenvalue weighted by Crippen LogP contribution is 2.22. The number of hydrogen-bond acceptors (Lipinski definition) is 5. The summed E-state index contributed by atoms with van der Waals surface area (Å²) in [7, 11) is -3.58. The third-order valence-electron chi connectivity index (χ3n) is 5.13. The zero-order chi connectivity index (χ0) is 20.1. The van der Waals surface area contributed by atoms with Crippen LogP contribution in [0.3, 0.4) is 0 Å². The van der Waals surface area contributed by atoms with Crippen LogP contribution in [-0.2, 0) is 14.8 Å². The van der Waals surface area contributed by atoms with Crippen molar-refractivity contribution < 1.29 is 22.7 Å². The van der Waals surface area contributed by atoms with Gasteiger partial charge in [0.25, 0.3) is 5.91 Å². The SMILES string of the molecule is CCOC(=O)N1CCN(C(=O)c2cccc(S(=O)(=O)N3CCCCC3)c2)CC1. The molecule has 0 aromatic heterocycles. The van der Waals surface area contributed by atoms with Crippen LogP contribution in [0.25, 0.3) is 0 Å². The average Bonchev–Trinajstić information content (AvgIpc) is 2.74. The van der Waals surface area contributed by atoms with Gasteiger partial charge in [0.15, 0.2) is 0 Å². The van der Waals surface area contributed by atoms with Crippen LogP contribution in [-0.4, -0.2) is 80.4 Å². The Labute approximate surface area is 166 Å². The summed E-state index contributed by atoms with van der Waals surface area (Å²) in [6, 6.07) is 6.25. The first-order chi connectivity index (χ1) is 13.4. The maximum atomic E-state index is 12.9. The molecule has 2 saturated heterocycles. The van der Waals surface area contributed by atoms with Crippen molar-refractivity contribution in [1.82, 2.24) is 14.1 Å². The smallest absolute Gasteiger partial charge is 0.409 e. The molecular formula is C19H27N3O5S. The maximum Gasteiger partial charge on any atom is 0.409 e. The Morgan fingerprint density at radius 3 is 2.25 bits per heavy atom. The van der Waals surface area contributed by atoms with E-state index in [4.69, 9.17) is 4.74 Å². The van der Waals surface area contributed by atoms with Crippen LogP contribution in [0.5, 0.6) is 0 Å². The average molecular weight is 410 g/mol. The molecule has 2 fully saturated rings.